The fraction of sp³-hybridized carbons (Fsp3) is 0.455. The Morgan fingerprint density at radius 2 is 1.85 bits per heavy atom. The van der Waals surface area contributed by atoms with Crippen LogP contribution in [0.25, 0.3) is 0 Å². The molecule has 0 aliphatic rings. The Morgan fingerprint density at radius 1 is 1.23 bits per heavy atom. The average molecular weight is 181 g/mol. The SMILES string of the molecule is CNCc1c(C)cc(C)c(F)c1C. The molecule has 13 heavy (non-hydrogen) atoms. The van der Waals surface area contributed by atoms with E-state index in [1.54, 1.807) is 6.92 Å². The Morgan fingerprint density at radius 3 is 2.38 bits per heavy atom. The monoisotopic (exact) mass is 181 g/mol. The Balaban J connectivity index is 3.26. The summed E-state index contributed by atoms with van der Waals surface area (Å²) in [5.74, 6) is -0.0733. The largest absolute Gasteiger partial charge is 0.316 e. The molecule has 0 amide bonds. The van der Waals surface area contributed by atoms with Gasteiger partial charge in [-0.2, -0.15) is 0 Å². The molecule has 1 rings (SSSR count). The van der Waals surface area contributed by atoms with Crippen LogP contribution in [0, 0.1) is 26.6 Å². The second-order valence-corrected chi connectivity index (χ2v) is 3.46. The van der Waals surface area contributed by atoms with Crippen LogP contribution in [0.1, 0.15) is 22.3 Å². The van der Waals surface area contributed by atoms with Crippen molar-refractivity contribution < 1.29 is 4.39 Å². The van der Waals surface area contributed by atoms with Gasteiger partial charge in [-0.15, -0.1) is 0 Å². The second-order valence-electron chi connectivity index (χ2n) is 3.46. The van der Waals surface area contributed by atoms with Gasteiger partial charge in [-0.3, -0.25) is 0 Å². The summed E-state index contributed by atoms with van der Waals surface area (Å²) in [6, 6.07) is 1.90. The van der Waals surface area contributed by atoms with E-state index in [1.807, 2.05) is 27.0 Å². The molecule has 0 spiro atoms. The molecule has 0 radical (unpaired) electrons. The van der Waals surface area contributed by atoms with Crippen molar-refractivity contribution in [2.75, 3.05) is 7.05 Å². The van der Waals surface area contributed by atoms with E-state index in [0.717, 1.165) is 28.8 Å². The van der Waals surface area contributed by atoms with Crippen LogP contribution in [-0.4, -0.2) is 7.05 Å². The summed E-state index contributed by atoms with van der Waals surface area (Å²) in [5, 5.41) is 3.05. The molecule has 0 saturated heterocycles. The van der Waals surface area contributed by atoms with Gasteiger partial charge in [0.2, 0.25) is 0 Å². The Hall–Kier alpha value is -0.890. The number of nitrogens with one attached hydrogen (secondary N) is 1. The van der Waals surface area contributed by atoms with E-state index in [1.165, 1.54) is 0 Å². The quantitative estimate of drug-likeness (QED) is 0.739. The van der Waals surface area contributed by atoms with E-state index in [2.05, 4.69) is 5.32 Å². The molecule has 0 fully saturated rings. The lowest BCUT2D eigenvalue weighted by Crippen LogP contribution is -2.10. The van der Waals surface area contributed by atoms with Crippen molar-refractivity contribution in [2.24, 2.45) is 0 Å². The number of halogens is 1. The molecule has 0 atom stereocenters. The predicted octanol–water partition coefficient (Wildman–Crippen LogP) is 2.47. The standard InChI is InChI=1S/C11H16FN/c1-7-5-8(2)11(12)9(3)10(7)6-13-4/h5,13H,6H2,1-4H3. The van der Waals surface area contributed by atoms with Crippen molar-refractivity contribution in [3.8, 4) is 0 Å². The Bertz CT molecular complexity index is 318. The van der Waals surface area contributed by atoms with Crippen LogP contribution in [0.3, 0.4) is 0 Å². The van der Waals surface area contributed by atoms with Crippen LogP contribution in [0.15, 0.2) is 6.07 Å². The fourth-order valence-corrected chi connectivity index (χ4v) is 1.65. The smallest absolute Gasteiger partial charge is 0.129 e. The molecule has 1 nitrogen and oxygen atoms in total. The lowest BCUT2D eigenvalue weighted by Gasteiger charge is -2.12. The minimum atomic E-state index is -0.0733. The first-order chi connectivity index (χ1) is 6.07. The Labute approximate surface area is 79.0 Å². The highest BCUT2D eigenvalue weighted by Gasteiger charge is 2.09. The van der Waals surface area contributed by atoms with Crippen molar-refractivity contribution in [3.63, 3.8) is 0 Å². The zero-order chi connectivity index (χ0) is 10.0. The highest BCUT2D eigenvalue weighted by Crippen LogP contribution is 2.20. The van der Waals surface area contributed by atoms with Crippen molar-refractivity contribution in [3.05, 3.63) is 34.1 Å². The number of hydrogen-bond donors (Lipinski definition) is 1. The molecule has 1 N–H and O–H groups in total. The third-order valence-electron chi connectivity index (χ3n) is 2.39. The summed E-state index contributed by atoms with van der Waals surface area (Å²) in [7, 11) is 1.87. The van der Waals surface area contributed by atoms with Crippen LogP contribution in [-0.2, 0) is 6.54 Å². The number of hydrogen-bond acceptors (Lipinski definition) is 1. The third-order valence-corrected chi connectivity index (χ3v) is 2.39. The molecule has 1 aromatic rings. The van der Waals surface area contributed by atoms with E-state index >= 15 is 0 Å². The normalized spacial score (nSPS) is 10.5. The third kappa shape index (κ3) is 1.89. The maximum atomic E-state index is 13.5. The first-order valence-electron chi connectivity index (χ1n) is 4.47. The molecular weight excluding hydrogens is 165 g/mol. The molecule has 72 valence electrons. The minimum absolute atomic E-state index is 0.0733. The van der Waals surface area contributed by atoms with E-state index in [9.17, 15) is 4.39 Å². The van der Waals surface area contributed by atoms with Crippen LogP contribution in [0.2, 0.25) is 0 Å². The van der Waals surface area contributed by atoms with Gasteiger partial charge in [0, 0.05) is 6.54 Å². The van der Waals surface area contributed by atoms with Gasteiger partial charge < -0.3 is 5.32 Å². The molecule has 2 heteroatoms. The molecular formula is C11H16FN. The van der Waals surface area contributed by atoms with Gasteiger partial charge in [0.25, 0.3) is 0 Å². The molecule has 0 unspecified atom stereocenters. The van der Waals surface area contributed by atoms with Gasteiger partial charge in [0.1, 0.15) is 5.82 Å². The zero-order valence-corrected chi connectivity index (χ0v) is 8.66. The lowest BCUT2D eigenvalue weighted by atomic mass is 9.99. The van der Waals surface area contributed by atoms with Crippen molar-refractivity contribution >= 4 is 0 Å². The summed E-state index contributed by atoms with van der Waals surface area (Å²) in [6.07, 6.45) is 0. The van der Waals surface area contributed by atoms with Gasteiger partial charge >= 0.3 is 0 Å². The van der Waals surface area contributed by atoms with E-state index in [0.29, 0.717) is 0 Å². The minimum Gasteiger partial charge on any atom is -0.316 e. The molecule has 0 aromatic heterocycles. The highest BCUT2D eigenvalue weighted by molar-refractivity contribution is 5.38. The Kier molecular flexibility index (Phi) is 3.04. The van der Waals surface area contributed by atoms with Crippen molar-refractivity contribution in [1.82, 2.24) is 5.32 Å². The van der Waals surface area contributed by atoms with E-state index < -0.39 is 0 Å². The van der Waals surface area contributed by atoms with Crippen LogP contribution < -0.4 is 5.32 Å². The van der Waals surface area contributed by atoms with Gasteiger partial charge in [-0.1, -0.05) is 6.07 Å². The summed E-state index contributed by atoms with van der Waals surface area (Å²) in [4.78, 5) is 0. The van der Waals surface area contributed by atoms with E-state index in [-0.39, 0.29) is 5.82 Å². The van der Waals surface area contributed by atoms with Gasteiger partial charge in [0.15, 0.2) is 0 Å². The van der Waals surface area contributed by atoms with Gasteiger partial charge in [-0.05, 0) is 50.1 Å². The first-order valence-corrected chi connectivity index (χ1v) is 4.47. The second kappa shape index (κ2) is 3.88. The average Bonchev–Trinajstić information content (AvgIpc) is 2.09. The number of aryl methyl sites for hydroxylation is 2. The predicted molar refractivity (Wildman–Crippen MR) is 53.4 cm³/mol. The van der Waals surface area contributed by atoms with Crippen LogP contribution >= 0.6 is 0 Å². The maximum absolute atomic E-state index is 13.5. The van der Waals surface area contributed by atoms with Crippen molar-refractivity contribution in [1.29, 1.82) is 0 Å². The fourth-order valence-electron chi connectivity index (χ4n) is 1.65. The van der Waals surface area contributed by atoms with Gasteiger partial charge in [-0.25, -0.2) is 4.39 Å². The molecule has 0 bridgehead atoms. The molecule has 0 aliphatic carbocycles. The molecule has 0 saturated carbocycles. The molecule has 0 aliphatic heterocycles. The maximum Gasteiger partial charge on any atom is 0.129 e. The highest BCUT2D eigenvalue weighted by atomic mass is 19.1. The summed E-state index contributed by atoms with van der Waals surface area (Å²) < 4.78 is 13.5. The topological polar surface area (TPSA) is 12.0 Å². The number of rotatable bonds is 2. The number of benzene rings is 1. The zero-order valence-electron chi connectivity index (χ0n) is 8.66. The summed E-state index contributed by atoms with van der Waals surface area (Å²) >= 11 is 0. The van der Waals surface area contributed by atoms with Gasteiger partial charge in [0.05, 0.1) is 0 Å². The molecule has 1 aromatic carbocycles. The van der Waals surface area contributed by atoms with E-state index in [4.69, 9.17) is 0 Å². The first kappa shape index (κ1) is 10.2. The van der Waals surface area contributed by atoms with Crippen LogP contribution in [0.5, 0.6) is 0 Å². The molecule has 0 heterocycles. The summed E-state index contributed by atoms with van der Waals surface area (Å²) in [5.41, 5.74) is 3.73. The van der Waals surface area contributed by atoms with Crippen LogP contribution in [0.4, 0.5) is 4.39 Å². The summed E-state index contributed by atoms with van der Waals surface area (Å²) in [6.45, 7) is 6.39. The lowest BCUT2D eigenvalue weighted by molar-refractivity contribution is 0.603. The van der Waals surface area contributed by atoms with Crippen molar-refractivity contribution in [2.45, 2.75) is 27.3 Å².